The fourth-order valence-corrected chi connectivity index (χ4v) is 3.09. The zero-order valence-corrected chi connectivity index (χ0v) is 12.5. The van der Waals surface area contributed by atoms with E-state index in [0.29, 0.717) is 5.56 Å². The summed E-state index contributed by atoms with van der Waals surface area (Å²) in [5.74, 6) is -0.194. The summed E-state index contributed by atoms with van der Waals surface area (Å²) in [4.78, 5) is 0. The number of fused-ring (bicyclic) bond motifs is 1. The van der Waals surface area contributed by atoms with E-state index < -0.39 is 0 Å². The highest BCUT2D eigenvalue weighted by Crippen LogP contribution is 2.38. The van der Waals surface area contributed by atoms with Crippen molar-refractivity contribution in [2.24, 2.45) is 0 Å². The maximum atomic E-state index is 14.4. The number of hydrogen-bond acceptors (Lipinski definition) is 0. The monoisotopic (exact) mass is 298 g/mol. The van der Waals surface area contributed by atoms with Crippen LogP contribution in [0.2, 0.25) is 0 Å². The van der Waals surface area contributed by atoms with Gasteiger partial charge >= 0.3 is 0 Å². The Balaban J connectivity index is 2.11. The van der Waals surface area contributed by atoms with E-state index in [1.54, 1.807) is 6.07 Å². The quantitative estimate of drug-likeness (QED) is 0.406. The first-order chi connectivity index (χ1) is 11.3. The molecule has 1 heteroatoms. The molecule has 4 rings (SSSR count). The standard InChI is InChI=1S/C22H15F/c23-21-13-7-6-12-19(21)20-15-14-16-8-4-5-11-18(16)22(20)17-9-2-1-3-10-17/h1-15H. The Labute approximate surface area is 134 Å². The van der Waals surface area contributed by atoms with Crippen molar-refractivity contribution in [3.63, 3.8) is 0 Å². The van der Waals surface area contributed by atoms with Crippen LogP contribution < -0.4 is 0 Å². The largest absolute Gasteiger partial charge is 0.206 e. The van der Waals surface area contributed by atoms with Crippen LogP contribution in [0, 0.1) is 5.82 Å². The lowest BCUT2D eigenvalue weighted by Gasteiger charge is -2.14. The molecule has 4 aromatic rings. The molecule has 110 valence electrons. The molecule has 0 saturated heterocycles. The van der Waals surface area contributed by atoms with Gasteiger partial charge in [0.15, 0.2) is 0 Å². The molecule has 0 aliphatic carbocycles. The second-order valence-corrected chi connectivity index (χ2v) is 5.56. The van der Waals surface area contributed by atoms with Gasteiger partial charge in [0.1, 0.15) is 5.82 Å². The average Bonchev–Trinajstić information content (AvgIpc) is 2.62. The summed E-state index contributed by atoms with van der Waals surface area (Å²) in [5, 5.41) is 2.30. The van der Waals surface area contributed by atoms with Gasteiger partial charge in [-0.3, -0.25) is 0 Å². The third-order valence-corrected chi connectivity index (χ3v) is 4.16. The predicted octanol–water partition coefficient (Wildman–Crippen LogP) is 6.31. The number of halogens is 1. The summed E-state index contributed by atoms with van der Waals surface area (Å²) in [6, 6.07) is 29.5. The van der Waals surface area contributed by atoms with E-state index in [-0.39, 0.29) is 5.82 Å². The van der Waals surface area contributed by atoms with E-state index in [9.17, 15) is 4.39 Å². The molecule has 0 fully saturated rings. The molecule has 0 atom stereocenters. The Hall–Kier alpha value is -2.93. The highest BCUT2D eigenvalue weighted by molar-refractivity contribution is 6.04. The number of rotatable bonds is 2. The first-order valence-electron chi connectivity index (χ1n) is 7.67. The Kier molecular flexibility index (Phi) is 3.39. The minimum Gasteiger partial charge on any atom is -0.206 e. The second-order valence-electron chi connectivity index (χ2n) is 5.56. The van der Waals surface area contributed by atoms with Crippen molar-refractivity contribution in [1.29, 1.82) is 0 Å². The van der Waals surface area contributed by atoms with Crippen LogP contribution in [-0.4, -0.2) is 0 Å². The molecule has 0 aromatic heterocycles. The molecule has 0 N–H and O–H groups in total. The second kappa shape index (κ2) is 5.69. The van der Waals surface area contributed by atoms with Gasteiger partial charge in [-0.05, 0) is 33.5 Å². The van der Waals surface area contributed by atoms with Crippen molar-refractivity contribution in [2.75, 3.05) is 0 Å². The van der Waals surface area contributed by atoms with Gasteiger partial charge in [0, 0.05) is 5.56 Å². The Bertz CT molecular complexity index is 971. The van der Waals surface area contributed by atoms with Gasteiger partial charge in [0.25, 0.3) is 0 Å². The van der Waals surface area contributed by atoms with Crippen molar-refractivity contribution in [3.8, 4) is 22.3 Å². The van der Waals surface area contributed by atoms with Crippen LogP contribution >= 0.6 is 0 Å². The molecule has 0 aliphatic heterocycles. The van der Waals surface area contributed by atoms with Crippen molar-refractivity contribution in [2.45, 2.75) is 0 Å². The Morgan fingerprint density at radius 1 is 0.522 bits per heavy atom. The average molecular weight is 298 g/mol. The zero-order chi connectivity index (χ0) is 15.6. The fourth-order valence-electron chi connectivity index (χ4n) is 3.09. The zero-order valence-electron chi connectivity index (χ0n) is 12.5. The van der Waals surface area contributed by atoms with Gasteiger partial charge in [0.2, 0.25) is 0 Å². The maximum Gasteiger partial charge on any atom is 0.131 e. The van der Waals surface area contributed by atoms with Gasteiger partial charge in [-0.1, -0.05) is 84.9 Å². The van der Waals surface area contributed by atoms with Crippen molar-refractivity contribution in [1.82, 2.24) is 0 Å². The van der Waals surface area contributed by atoms with E-state index in [0.717, 1.165) is 27.5 Å². The molecular weight excluding hydrogens is 283 g/mol. The summed E-state index contributed by atoms with van der Waals surface area (Å²) in [5.41, 5.74) is 3.74. The normalized spacial score (nSPS) is 10.8. The van der Waals surface area contributed by atoms with Crippen LogP contribution in [-0.2, 0) is 0 Å². The third kappa shape index (κ3) is 2.40. The van der Waals surface area contributed by atoms with Gasteiger partial charge in [0.05, 0.1) is 0 Å². The van der Waals surface area contributed by atoms with Gasteiger partial charge in [-0.2, -0.15) is 0 Å². The van der Waals surface area contributed by atoms with E-state index in [1.165, 1.54) is 6.07 Å². The van der Waals surface area contributed by atoms with Gasteiger partial charge < -0.3 is 0 Å². The summed E-state index contributed by atoms with van der Waals surface area (Å²) >= 11 is 0. The van der Waals surface area contributed by atoms with Crippen LogP contribution in [0.1, 0.15) is 0 Å². The lowest BCUT2D eigenvalue weighted by Crippen LogP contribution is -1.90. The van der Waals surface area contributed by atoms with Crippen LogP contribution in [0.4, 0.5) is 4.39 Å². The molecule has 23 heavy (non-hydrogen) atoms. The molecule has 0 unspecified atom stereocenters. The van der Waals surface area contributed by atoms with Crippen molar-refractivity contribution in [3.05, 3.63) is 96.8 Å². The molecule has 0 bridgehead atoms. The van der Waals surface area contributed by atoms with Crippen LogP contribution in [0.3, 0.4) is 0 Å². The topological polar surface area (TPSA) is 0 Å². The smallest absolute Gasteiger partial charge is 0.131 e. The highest BCUT2D eigenvalue weighted by atomic mass is 19.1. The Morgan fingerprint density at radius 2 is 1.22 bits per heavy atom. The fraction of sp³-hybridized carbons (Fsp3) is 0. The first kappa shape index (κ1) is 13.7. The van der Waals surface area contributed by atoms with Crippen molar-refractivity contribution < 1.29 is 4.39 Å². The summed E-state index contributed by atoms with van der Waals surface area (Å²) in [7, 11) is 0. The van der Waals surface area contributed by atoms with Crippen LogP contribution in [0.15, 0.2) is 91.0 Å². The van der Waals surface area contributed by atoms with E-state index in [2.05, 4.69) is 30.3 Å². The van der Waals surface area contributed by atoms with Gasteiger partial charge in [-0.15, -0.1) is 0 Å². The molecule has 0 aliphatic rings. The van der Waals surface area contributed by atoms with E-state index in [1.807, 2.05) is 48.5 Å². The number of hydrogen-bond donors (Lipinski definition) is 0. The number of benzene rings is 4. The predicted molar refractivity (Wildman–Crippen MR) is 94.8 cm³/mol. The lowest BCUT2D eigenvalue weighted by atomic mass is 9.89. The molecule has 0 spiro atoms. The first-order valence-corrected chi connectivity index (χ1v) is 7.67. The Morgan fingerprint density at radius 3 is 2.04 bits per heavy atom. The molecule has 0 radical (unpaired) electrons. The highest BCUT2D eigenvalue weighted by Gasteiger charge is 2.13. The maximum absolute atomic E-state index is 14.4. The van der Waals surface area contributed by atoms with Crippen molar-refractivity contribution >= 4 is 10.8 Å². The van der Waals surface area contributed by atoms with Crippen LogP contribution in [0.5, 0.6) is 0 Å². The SMILES string of the molecule is Fc1ccccc1-c1ccc2ccccc2c1-c1ccccc1. The third-order valence-electron chi connectivity index (χ3n) is 4.16. The molecule has 0 nitrogen and oxygen atoms in total. The summed E-state index contributed by atoms with van der Waals surface area (Å²) in [6.45, 7) is 0. The molecule has 0 amide bonds. The minimum absolute atomic E-state index is 0.194. The summed E-state index contributed by atoms with van der Waals surface area (Å²) in [6.07, 6.45) is 0. The van der Waals surface area contributed by atoms with E-state index >= 15 is 0 Å². The molecular formula is C22H15F. The molecule has 4 aromatic carbocycles. The lowest BCUT2D eigenvalue weighted by molar-refractivity contribution is 0.631. The van der Waals surface area contributed by atoms with Gasteiger partial charge in [-0.25, -0.2) is 4.39 Å². The van der Waals surface area contributed by atoms with E-state index in [4.69, 9.17) is 0 Å². The molecule has 0 saturated carbocycles. The summed E-state index contributed by atoms with van der Waals surface area (Å²) < 4.78 is 14.4. The molecule has 0 heterocycles. The minimum atomic E-state index is -0.194. The van der Waals surface area contributed by atoms with Crippen LogP contribution in [0.25, 0.3) is 33.0 Å².